The number of para-hydroxylation sites is 1. The van der Waals surface area contributed by atoms with Gasteiger partial charge in [-0.05, 0) is 36.5 Å². The van der Waals surface area contributed by atoms with Gasteiger partial charge in [0.15, 0.2) is 0 Å². The molecule has 4 heterocycles. The summed E-state index contributed by atoms with van der Waals surface area (Å²) in [6.45, 7) is 1.58. The minimum Gasteiger partial charge on any atom is -0.361 e. The molecule has 30 heavy (non-hydrogen) atoms. The Morgan fingerprint density at radius 1 is 1.17 bits per heavy atom. The summed E-state index contributed by atoms with van der Waals surface area (Å²) >= 11 is 0. The summed E-state index contributed by atoms with van der Waals surface area (Å²) in [6.07, 6.45) is 3.99. The number of pyridine rings is 1. The highest BCUT2D eigenvalue weighted by Gasteiger charge is 2.37. The Hall–Kier alpha value is -3.42. The number of hydrogen-bond donors (Lipinski definition) is 1. The lowest BCUT2D eigenvalue weighted by Crippen LogP contribution is -2.49. The molecule has 2 atom stereocenters. The van der Waals surface area contributed by atoms with Crippen molar-refractivity contribution in [3.05, 3.63) is 74.3 Å². The predicted octanol–water partition coefficient (Wildman–Crippen LogP) is 2.82. The number of likely N-dealkylation sites (tertiary alicyclic amines) is 1. The number of aromatic nitrogens is 2. The standard InChI is InChI=1S/C22H22N4O4/c27-21(8-5-15-10-23-18-4-2-1-3-17(15)18)24-11-14-9-16(13-24)19-6-7-20(26(29)30)22(28)25(19)12-14/h1-4,6-7,10,14,16,23H,5,8-9,11-13H2/t14-,16-/m1/s1. The first-order chi connectivity index (χ1) is 14.5. The number of benzene rings is 1. The molecule has 0 unspecified atom stereocenters. The van der Waals surface area contributed by atoms with E-state index in [4.69, 9.17) is 0 Å². The fraction of sp³-hybridized carbons (Fsp3) is 0.364. The van der Waals surface area contributed by atoms with E-state index in [0.29, 0.717) is 32.5 Å². The number of nitrogens with one attached hydrogen (secondary N) is 1. The van der Waals surface area contributed by atoms with E-state index in [1.807, 2.05) is 29.3 Å². The average molecular weight is 406 g/mol. The molecule has 0 spiro atoms. The van der Waals surface area contributed by atoms with E-state index < -0.39 is 10.5 Å². The van der Waals surface area contributed by atoms with Crippen molar-refractivity contribution in [1.82, 2.24) is 14.5 Å². The summed E-state index contributed by atoms with van der Waals surface area (Å²) in [5.74, 6) is 0.309. The fourth-order valence-electron chi connectivity index (χ4n) is 5.02. The zero-order valence-electron chi connectivity index (χ0n) is 16.4. The van der Waals surface area contributed by atoms with Crippen LogP contribution in [0.15, 0.2) is 47.4 Å². The molecule has 3 aromatic rings. The number of carbonyl (C=O) groups excluding carboxylic acids is 1. The lowest BCUT2D eigenvalue weighted by molar-refractivity contribution is -0.386. The second-order valence-electron chi connectivity index (χ2n) is 8.27. The van der Waals surface area contributed by atoms with Crippen molar-refractivity contribution in [3.8, 4) is 0 Å². The molecule has 2 aliphatic rings. The maximum Gasteiger partial charge on any atom is 0.334 e. The van der Waals surface area contributed by atoms with Gasteiger partial charge in [-0.15, -0.1) is 0 Å². The Morgan fingerprint density at radius 3 is 2.83 bits per heavy atom. The average Bonchev–Trinajstić information content (AvgIpc) is 3.15. The Kier molecular flexibility index (Phi) is 4.42. The van der Waals surface area contributed by atoms with Crippen LogP contribution in [0.25, 0.3) is 10.9 Å². The SMILES string of the molecule is O=C(CCc1c[nH]c2ccccc12)N1C[C@H]2C[C@H](C1)c1ccc([N+](=O)[O-])c(=O)n1C2. The molecule has 154 valence electrons. The molecule has 8 heteroatoms. The van der Waals surface area contributed by atoms with Crippen LogP contribution in [0.1, 0.15) is 30.0 Å². The molecule has 1 amide bonds. The molecule has 2 aliphatic heterocycles. The van der Waals surface area contributed by atoms with Crippen LogP contribution >= 0.6 is 0 Å². The molecule has 8 nitrogen and oxygen atoms in total. The first kappa shape index (κ1) is 18.6. The number of H-pyrrole nitrogens is 1. The molecule has 1 aromatic carbocycles. The van der Waals surface area contributed by atoms with Gasteiger partial charge in [0.1, 0.15) is 0 Å². The van der Waals surface area contributed by atoms with Crippen molar-refractivity contribution in [3.63, 3.8) is 0 Å². The summed E-state index contributed by atoms with van der Waals surface area (Å²) in [7, 11) is 0. The van der Waals surface area contributed by atoms with Crippen LogP contribution in [0.5, 0.6) is 0 Å². The first-order valence-corrected chi connectivity index (χ1v) is 10.2. The monoisotopic (exact) mass is 406 g/mol. The number of nitrogens with zero attached hydrogens (tertiary/aromatic N) is 3. The van der Waals surface area contributed by atoms with Crippen LogP contribution in [-0.4, -0.2) is 38.4 Å². The van der Waals surface area contributed by atoms with Crippen LogP contribution in [0.2, 0.25) is 0 Å². The maximum absolute atomic E-state index is 12.9. The number of piperidine rings is 1. The summed E-state index contributed by atoms with van der Waals surface area (Å²) in [4.78, 5) is 41.0. The van der Waals surface area contributed by atoms with Crippen molar-refractivity contribution in [2.45, 2.75) is 31.7 Å². The third-order valence-electron chi connectivity index (χ3n) is 6.42. The Labute approximate surface area is 172 Å². The largest absolute Gasteiger partial charge is 0.361 e. The number of nitro groups is 1. The van der Waals surface area contributed by atoms with Crippen molar-refractivity contribution in [1.29, 1.82) is 0 Å². The lowest BCUT2D eigenvalue weighted by Gasteiger charge is -2.42. The normalized spacial score (nSPS) is 20.2. The molecule has 5 rings (SSSR count). The van der Waals surface area contributed by atoms with Gasteiger partial charge in [0.25, 0.3) is 0 Å². The van der Waals surface area contributed by atoms with Gasteiger partial charge >= 0.3 is 11.2 Å². The van der Waals surface area contributed by atoms with Crippen molar-refractivity contribution in [2.24, 2.45) is 5.92 Å². The number of hydrogen-bond acceptors (Lipinski definition) is 4. The van der Waals surface area contributed by atoms with E-state index in [2.05, 4.69) is 11.1 Å². The number of aryl methyl sites for hydroxylation is 1. The van der Waals surface area contributed by atoms with Gasteiger partial charge in [0, 0.05) is 60.8 Å². The van der Waals surface area contributed by atoms with Crippen LogP contribution in [0.4, 0.5) is 5.69 Å². The third kappa shape index (κ3) is 3.08. The van der Waals surface area contributed by atoms with Gasteiger partial charge < -0.3 is 14.5 Å². The van der Waals surface area contributed by atoms with Crippen molar-refractivity contribution in [2.75, 3.05) is 13.1 Å². The molecule has 2 bridgehead atoms. The second-order valence-corrected chi connectivity index (χ2v) is 8.27. The zero-order chi connectivity index (χ0) is 20.8. The van der Waals surface area contributed by atoms with Gasteiger partial charge in [0.2, 0.25) is 5.91 Å². The van der Waals surface area contributed by atoms with Gasteiger partial charge in [-0.3, -0.25) is 19.7 Å². The number of rotatable bonds is 4. The van der Waals surface area contributed by atoms with Crippen molar-refractivity contribution < 1.29 is 9.72 Å². The topological polar surface area (TPSA) is 101 Å². The highest BCUT2D eigenvalue weighted by atomic mass is 16.6. The van der Waals surface area contributed by atoms with Gasteiger partial charge in [-0.1, -0.05) is 18.2 Å². The molecule has 2 aromatic heterocycles. The summed E-state index contributed by atoms with van der Waals surface area (Å²) < 4.78 is 1.55. The van der Waals surface area contributed by atoms with Crippen LogP contribution in [0.3, 0.4) is 0 Å². The predicted molar refractivity (Wildman–Crippen MR) is 111 cm³/mol. The third-order valence-corrected chi connectivity index (χ3v) is 6.42. The molecule has 0 aliphatic carbocycles. The second kappa shape index (κ2) is 7.12. The number of fused-ring (bicyclic) bond motifs is 5. The number of aromatic amines is 1. The van der Waals surface area contributed by atoms with E-state index in [-0.39, 0.29) is 23.4 Å². The van der Waals surface area contributed by atoms with Crippen LogP contribution < -0.4 is 5.56 Å². The smallest absolute Gasteiger partial charge is 0.334 e. The Balaban J connectivity index is 1.31. The molecule has 1 fully saturated rings. The van der Waals surface area contributed by atoms with E-state index in [1.54, 1.807) is 10.6 Å². The van der Waals surface area contributed by atoms with Gasteiger partial charge in [0.05, 0.1) is 4.92 Å². The van der Waals surface area contributed by atoms with Crippen LogP contribution in [-0.2, 0) is 17.8 Å². The number of carbonyl (C=O) groups is 1. The minimum atomic E-state index is -0.624. The highest BCUT2D eigenvalue weighted by Crippen LogP contribution is 2.36. The molecule has 1 N–H and O–H groups in total. The van der Waals surface area contributed by atoms with E-state index >= 15 is 0 Å². The van der Waals surface area contributed by atoms with E-state index in [1.165, 1.54) is 6.07 Å². The molecule has 1 saturated heterocycles. The van der Waals surface area contributed by atoms with Gasteiger partial charge in [-0.25, -0.2) is 0 Å². The molecule has 0 radical (unpaired) electrons. The molecular weight excluding hydrogens is 384 g/mol. The lowest BCUT2D eigenvalue weighted by atomic mass is 9.83. The minimum absolute atomic E-state index is 0.0445. The van der Waals surface area contributed by atoms with E-state index in [9.17, 15) is 19.7 Å². The Bertz CT molecular complexity index is 1210. The van der Waals surface area contributed by atoms with E-state index in [0.717, 1.165) is 28.6 Å². The highest BCUT2D eigenvalue weighted by molar-refractivity contribution is 5.84. The maximum atomic E-state index is 12.9. The van der Waals surface area contributed by atoms with Crippen LogP contribution in [0, 0.1) is 16.0 Å². The zero-order valence-corrected chi connectivity index (χ0v) is 16.4. The van der Waals surface area contributed by atoms with Crippen molar-refractivity contribution >= 4 is 22.5 Å². The number of amides is 1. The summed E-state index contributed by atoms with van der Waals surface area (Å²) in [5, 5.41) is 12.2. The van der Waals surface area contributed by atoms with Gasteiger partial charge in [-0.2, -0.15) is 0 Å². The fourth-order valence-corrected chi connectivity index (χ4v) is 5.02. The Morgan fingerprint density at radius 2 is 2.00 bits per heavy atom. The summed E-state index contributed by atoms with van der Waals surface area (Å²) in [5.41, 5.74) is 2.09. The molecule has 0 saturated carbocycles. The first-order valence-electron chi connectivity index (χ1n) is 10.2. The molecular formula is C22H22N4O4. The summed E-state index contributed by atoms with van der Waals surface area (Å²) in [6, 6.07) is 11.0. The quantitative estimate of drug-likeness (QED) is 0.532.